The average Bonchev–Trinajstić information content (AvgIpc) is 3.44. The molecule has 4 saturated carbocycles. The van der Waals surface area contributed by atoms with Crippen molar-refractivity contribution in [2.45, 2.75) is 142 Å². The summed E-state index contributed by atoms with van der Waals surface area (Å²) in [6, 6.07) is 0. The van der Waals surface area contributed by atoms with Gasteiger partial charge in [-0.15, -0.1) is 0 Å². The summed E-state index contributed by atoms with van der Waals surface area (Å²) in [6.07, 6.45) is 18.5. The van der Waals surface area contributed by atoms with Crippen LogP contribution in [0.4, 0.5) is 0 Å². The first-order chi connectivity index (χ1) is 23.3. The van der Waals surface area contributed by atoms with E-state index in [1.165, 1.54) is 70.9 Å². The Bertz CT molecular complexity index is 889. The van der Waals surface area contributed by atoms with Gasteiger partial charge in [-0.1, -0.05) is 34.1 Å². The number of hydrogen-bond acceptors (Lipinski definition) is 8. The molecule has 0 aliphatic heterocycles. The molecule has 0 aromatic heterocycles. The van der Waals surface area contributed by atoms with Gasteiger partial charge < -0.3 is 42.0 Å². The molecule has 0 aromatic carbocycles. The Hall–Kier alpha value is -0.320. The molecule has 4 rings (SSSR count). The van der Waals surface area contributed by atoms with Gasteiger partial charge >= 0.3 is 0 Å². The molecule has 0 aromatic rings. The largest absolute Gasteiger partial charge is 0.378 e. The third kappa shape index (κ3) is 9.56. The average molecular weight is 678 g/mol. The number of rotatable bonds is 23. The van der Waals surface area contributed by atoms with E-state index >= 15 is 0 Å². The van der Waals surface area contributed by atoms with Crippen LogP contribution in [-0.4, -0.2) is 88.8 Å². The monoisotopic (exact) mass is 678 g/mol. The van der Waals surface area contributed by atoms with Gasteiger partial charge in [-0.25, -0.2) is 0 Å². The van der Waals surface area contributed by atoms with E-state index in [1.807, 2.05) is 0 Å². The zero-order valence-corrected chi connectivity index (χ0v) is 31.9. The summed E-state index contributed by atoms with van der Waals surface area (Å²) >= 11 is 0. The lowest BCUT2D eigenvalue weighted by atomic mass is 9.43. The number of nitrogens with zero attached hydrogens (tertiary/aromatic N) is 1. The van der Waals surface area contributed by atoms with Crippen molar-refractivity contribution in [1.82, 2.24) is 4.90 Å². The summed E-state index contributed by atoms with van der Waals surface area (Å²) in [5, 5.41) is 0. The van der Waals surface area contributed by atoms with Gasteiger partial charge in [0.15, 0.2) is 0 Å². The molecule has 8 heteroatoms. The Labute approximate surface area is 295 Å². The fourth-order valence-electron chi connectivity index (χ4n) is 11.5. The molecule has 0 heterocycles. The second-order valence-corrected chi connectivity index (χ2v) is 16.9. The topological polar surface area (TPSA) is 135 Å². The molecule has 4 unspecified atom stereocenters. The zero-order valence-electron chi connectivity index (χ0n) is 31.9. The molecule has 48 heavy (non-hydrogen) atoms. The molecule has 0 radical (unpaired) electrons. The van der Waals surface area contributed by atoms with Gasteiger partial charge in [0.25, 0.3) is 0 Å². The van der Waals surface area contributed by atoms with Crippen molar-refractivity contribution in [3.63, 3.8) is 0 Å². The molecule has 11 atom stereocenters. The zero-order chi connectivity index (χ0) is 34.6. The Morgan fingerprint density at radius 2 is 1.35 bits per heavy atom. The number of nitrogens with two attached hydrogens (primary N) is 4. The van der Waals surface area contributed by atoms with E-state index in [0.29, 0.717) is 72.8 Å². The van der Waals surface area contributed by atoms with E-state index in [1.54, 1.807) is 0 Å². The van der Waals surface area contributed by atoms with Crippen molar-refractivity contribution < 1.29 is 14.2 Å². The van der Waals surface area contributed by atoms with Crippen LogP contribution in [-0.2, 0) is 14.2 Å². The maximum absolute atomic E-state index is 7.05. The van der Waals surface area contributed by atoms with Crippen molar-refractivity contribution in [1.29, 1.82) is 0 Å². The maximum atomic E-state index is 7.05. The smallest absolute Gasteiger partial charge is 0.0637 e. The standard InChI is InChI=1S/C40H79N5O3/c1-5-6-21-45(23-8-17-41)22-7-12-30(2)33-13-14-34-38-35(29-37(40(33,34)4)48-26-11-20-44)39(3)16-15-32(46-24-9-18-42)27-31(39)28-36(38)47-25-10-19-43/h30-38H,5-29,41-44H2,1-4H3/t30-,31?,32-,33?,34+,35+,36-,37?,38?,39+,40-/m1/s1. The van der Waals surface area contributed by atoms with E-state index in [0.717, 1.165) is 71.4 Å². The Kier molecular flexibility index (Phi) is 16.9. The molecule has 4 aliphatic carbocycles. The van der Waals surface area contributed by atoms with Gasteiger partial charge in [-0.2, -0.15) is 0 Å². The van der Waals surface area contributed by atoms with E-state index < -0.39 is 0 Å². The van der Waals surface area contributed by atoms with Crippen LogP contribution in [0.25, 0.3) is 0 Å². The van der Waals surface area contributed by atoms with Crippen molar-refractivity contribution in [2.75, 3.05) is 65.6 Å². The normalized spacial score (nSPS) is 36.9. The minimum atomic E-state index is 0.165. The van der Waals surface area contributed by atoms with Gasteiger partial charge in [0.2, 0.25) is 0 Å². The van der Waals surface area contributed by atoms with E-state index in [2.05, 4.69) is 32.6 Å². The fourth-order valence-corrected chi connectivity index (χ4v) is 11.5. The number of hydrogen-bond donors (Lipinski definition) is 4. The van der Waals surface area contributed by atoms with Crippen LogP contribution in [0.15, 0.2) is 0 Å². The Morgan fingerprint density at radius 3 is 2.04 bits per heavy atom. The lowest BCUT2D eigenvalue weighted by Gasteiger charge is -2.65. The highest BCUT2D eigenvalue weighted by Crippen LogP contribution is 2.69. The Balaban J connectivity index is 1.55. The molecule has 282 valence electrons. The van der Waals surface area contributed by atoms with E-state index in [9.17, 15) is 0 Å². The van der Waals surface area contributed by atoms with Gasteiger partial charge in [0.1, 0.15) is 0 Å². The minimum Gasteiger partial charge on any atom is -0.378 e. The first-order valence-electron chi connectivity index (χ1n) is 20.7. The summed E-state index contributed by atoms with van der Waals surface area (Å²) < 4.78 is 20.4. The second-order valence-electron chi connectivity index (χ2n) is 16.9. The molecule has 0 bridgehead atoms. The third-order valence-electron chi connectivity index (χ3n) is 14.1. The third-order valence-corrected chi connectivity index (χ3v) is 14.1. The fraction of sp³-hybridized carbons (Fsp3) is 1.00. The van der Waals surface area contributed by atoms with Crippen molar-refractivity contribution in [2.24, 2.45) is 69.3 Å². The maximum Gasteiger partial charge on any atom is 0.0637 e. The molecular weight excluding hydrogens is 598 g/mol. The first kappa shape index (κ1) is 40.5. The molecule has 8 nitrogen and oxygen atoms in total. The predicted molar refractivity (Wildman–Crippen MR) is 200 cm³/mol. The first-order valence-corrected chi connectivity index (χ1v) is 20.7. The summed E-state index contributed by atoms with van der Waals surface area (Å²) in [6.45, 7) is 18.9. The summed E-state index contributed by atoms with van der Waals surface area (Å²) in [5.74, 6) is 3.84. The van der Waals surface area contributed by atoms with Crippen molar-refractivity contribution in [3.05, 3.63) is 0 Å². The van der Waals surface area contributed by atoms with Gasteiger partial charge in [-0.3, -0.25) is 0 Å². The molecule has 0 amide bonds. The molecule has 4 fully saturated rings. The van der Waals surface area contributed by atoms with Crippen LogP contribution >= 0.6 is 0 Å². The van der Waals surface area contributed by atoms with Gasteiger partial charge in [0, 0.05) is 25.2 Å². The van der Waals surface area contributed by atoms with E-state index in [-0.39, 0.29) is 11.5 Å². The summed E-state index contributed by atoms with van der Waals surface area (Å²) in [7, 11) is 0. The van der Waals surface area contributed by atoms with Crippen LogP contribution in [0.5, 0.6) is 0 Å². The van der Waals surface area contributed by atoms with Crippen LogP contribution in [0.3, 0.4) is 0 Å². The van der Waals surface area contributed by atoms with Crippen molar-refractivity contribution in [3.8, 4) is 0 Å². The molecule has 8 N–H and O–H groups in total. The minimum absolute atomic E-state index is 0.165. The lowest BCUT2D eigenvalue weighted by molar-refractivity contribution is -0.227. The molecule has 0 spiro atoms. The summed E-state index contributed by atoms with van der Waals surface area (Å²) in [4.78, 5) is 2.67. The molecular formula is C40H79N5O3. The summed E-state index contributed by atoms with van der Waals surface area (Å²) in [5.41, 5.74) is 24.1. The van der Waals surface area contributed by atoms with Crippen LogP contribution in [0, 0.1) is 46.3 Å². The highest BCUT2D eigenvalue weighted by Gasteiger charge is 2.66. The second kappa shape index (κ2) is 20.1. The quantitative estimate of drug-likeness (QED) is 0.0978. The van der Waals surface area contributed by atoms with Crippen molar-refractivity contribution >= 4 is 0 Å². The number of ether oxygens (including phenoxy) is 3. The predicted octanol–water partition coefficient (Wildman–Crippen LogP) is 5.93. The number of unbranched alkanes of at least 4 members (excludes halogenated alkanes) is 1. The van der Waals surface area contributed by atoms with Gasteiger partial charge in [-0.05, 0) is 177 Å². The molecule has 4 aliphatic rings. The highest BCUT2D eigenvalue weighted by atomic mass is 16.5. The Morgan fingerprint density at radius 1 is 0.708 bits per heavy atom. The lowest BCUT2D eigenvalue weighted by Crippen LogP contribution is -2.63. The van der Waals surface area contributed by atoms with Crippen LogP contribution < -0.4 is 22.9 Å². The van der Waals surface area contributed by atoms with E-state index in [4.69, 9.17) is 37.1 Å². The SMILES string of the molecule is CCCCN(CCCN)CCC[C@@H](C)C1CC[C@H]2C3[C@H](OCCCN)CC4C[C@H](OCCCN)CC[C@]4(C)[C@H]3CC(OCCCN)[C@]12C. The van der Waals surface area contributed by atoms with Crippen LogP contribution in [0.2, 0.25) is 0 Å². The highest BCUT2D eigenvalue weighted by molar-refractivity contribution is 5.15. The van der Waals surface area contributed by atoms with Crippen LogP contribution in [0.1, 0.15) is 124 Å². The van der Waals surface area contributed by atoms with Gasteiger partial charge in [0.05, 0.1) is 18.3 Å². The molecule has 0 saturated heterocycles. The number of fused-ring (bicyclic) bond motifs is 5.